The Kier molecular flexibility index (Phi) is 3.28. The van der Waals surface area contributed by atoms with E-state index < -0.39 is 5.91 Å². The maximum Gasteiger partial charge on any atom is 0.267 e. The van der Waals surface area contributed by atoms with E-state index in [1.54, 1.807) is 6.07 Å². The number of primary amides is 1. The first kappa shape index (κ1) is 12.9. The second-order valence-electron chi connectivity index (χ2n) is 5.21. The van der Waals surface area contributed by atoms with Gasteiger partial charge < -0.3 is 15.5 Å². The first-order chi connectivity index (χ1) is 9.65. The Morgan fingerprint density at radius 3 is 2.60 bits per heavy atom. The zero-order chi connectivity index (χ0) is 14.1. The maximum absolute atomic E-state index is 11.5. The molecule has 0 radical (unpaired) electrons. The maximum atomic E-state index is 11.5. The molecule has 1 saturated heterocycles. The summed E-state index contributed by atoms with van der Waals surface area (Å²) in [5.41, 5.74) is 5.73. The summed E-state index contributed by atoms with van der Waals surface area (Å²) in [5.74, 6) is 0.385. The van der Waals surface area contributed by atoms with Crippen molar-refractivity contribution < 1.29 is 4.79 Å². The van der Waals surface area contributed by atoms with E-state index in [0.717, 1.165) is 42.8 Å². The zero-order valence-corrected chi connectivity index (χ0v) is 11.5. The molecular weight excluding hydrogens is 252 g/mol. The van der Waals surface area contributed by atoms with Gasteiger partial charge in [0.25, 0.3) is 5.91 Å². The number of carbonyl (C=O) groups is 1. The molecule has 20 heavy (non-hydrogen) atoms. The Bertz CT molecular complexity index is 647. The average molecular weight is 270 g/mol. The number of likely N-dealkylation sites (N-methyl/N-ethyl adjacent to an activating group) is 1. The highest BCUT2D eigenvalue weighted by atomic mass is 16.1. The predicted octanol–water partition coefficient (Wildman–Crippen LogP) is 1.09. The SMILES string of the molecule is CN1CCN(c2nc(C(N)=O)cc3ccccc23)CC1. The molecule has 104 valence electrons. The molecule has 0 unspecified atom stereocenters. The van der Waals surface area contributed by atoms with E-state index in [0.29, 0.717) is 5.69 Å². The molecule has 2 aromatic rings. The number of carbonyl (C=O) groups excluding carboxylic acids is 1. The van der Waals surface area contributed by atoms with E-state index in [4.69, 9.17) is 5.73 Å². The van der Waals surface area contributed by atoms with E-state index in [-0.39, 0.29) is 0 Å². The van der Waals surface area contributed by atoms with Gasteiger partial charge in [-0.2, -0.15) is 0 Å². The summed E-state index contributed by atoms with van der Waals surface area (Å²) in [7, 11) is 2.11. The van der Waals surface area contributed by atoms with Crippen molar-refractivity contribution in [1.82, 2.24) is 9.88 Å². The molecule has 0 spiro atoms. The lowest BCUT2D eigenvalue weighted by molar-refractivity contribution is 0.0996. The number of nitrogens with two attached hydrogens (primary N) is 1. The monoisotopic (exact) mass is 270 g/mol. The molecule has 0 atom stereocenters. The summed E-state index contributed by atoms with van der Waals surface area (Å²) in [5, 5.41) is 2.08. The number of aromatic nitrogens is 1. The van der Waals surface area contributed by atoms with Crippen molar-refractivity contribution in [3.05, 3.63) is 36.0 Å². The second-order valence-corrected chi connectivity index (χ2v) is 5.21. The van der Waals surface area contributed by atoms with E-state index in [1.807, 2.05) is 24.3 Å². The summed E-state index contributed by atoms with van der Waals surface area (Å²) >= 11 is 0. The van der Waals surface area contributed by atoms with Crippen LogP contribution in [0.25, 0.3) is 10.8 Å². The van der Waals surface area contributed by atoms with E-state index in [1.165, 1.54) is 0 Å². The van der Waals surface area contributed by atoms with Crippen molar-refractivity contribution in [2.45, 2.75) is 0 Å². The molecule has 0 aliphatic carbocycles. The van der Waals surface area contributed by atoms with Gasteiger partial charge in [0.2, 0.25) is 0 Å². The zero-order valence-electron chi connectivity index (χ0n) is 11.5. The number of anilines is 1. The minimum atomic E-state index is -0.480. The molecule has 0 bridgehead atoms. The van der Waals surface area contributed by atoms with Crippen LogP contribution in [0.5, 0.6) is 0 Å². The molecule has 1 aliphatic heterocycles. The lowest BCUT2D eigenvalue weighted by Crippen LogP contribution is -2.45. The molecule has 1 aromatic heterocycles. The Morgan fingerprint density at radius 1 is 1.20 bits per heavy atom. The highest BCUT2D eigenvalue weighted by Crippen LogP contribution is 2.26. The van der Waals surface area contributed by atoms with E-state index in [2.05, 4.69) is 21.8 Å². The number of nitrogens with zero attached hydrogens (tertiary/aromatic N) is 3. The van der Waals surface area contributed by atoms with Crippen molar-refractivity contribution in [1.29, 1.82) is 0 Å². The minimum Gasteiger partial charge on any atom is -0.364 e. The van der Waals surface area contributed by atoms with Gasteiger partial charge in [-0.3, -0.25) is 4.79 Å². The fourth-order valence-corrected chi connectivity index (χ4v) is 2.57. The van der Waals surface area contributed by atoms with Crippen LogP contribution in [0.2, 0.25) is 0 Å². The Morgan fingerprint density at radius 2 is 1.90 bits per heavy atom. The van der Waals surface area contributed by atoms with Crippen LogP contribution in [0.4, 0.5) is 5.82 Å². The summed E-state index contributed by atoms with van der Waals surface area (Å²) in [6, 6.07) is 9.75. The van der Waals surface area contributed by atoms with Crippen LogP contribution in [0.15, 0.2) is 30.3 Å². The third kappa shape index (κ3) is 2.32. The van der Waals surface area contributed by atoms with Gasteiger partial charge >= 0.3 is 0 Å². The van der Waals surface area contributed by atoms with Crippen LogP contribution < -0.4 is 10.6 Å². The summed E-state index contributed by atoms with van der Waals surface area (Å²) in [4.78, 5) is 20.5. The largest absolute Gasteiger partial charge is 0.364 e. The number of hydrogen-bond acceptors (Lipinski definition) is 4. The van der Waals surface area contributed by atoms with E-state index >= 15 is 0 Å². The van der Waals surface area contributed by atoms with Gasteiger partial charge in [0, 0.05) is 31.6 Å². The van der Waals surface area contributed by atoms with Crippen LogP contribution >= 0.6 is 0 Å². The molecule has 2 N–H and O–H groups in total. The number of benzene rings is 1. The second kappa shape index (κ2) is 5.09. The molecular formula is C15H18N4O. The van der Waals surface area contributed by atoms with Gasteiger partial charge in [0.1, 0.15) is 11.5 Å². The van der Waals surface area contributed by atoms with Crippen molar-refractivity contribution in [2.24, 2.45) is 5.73 Å². The quantitative estimate of drug-likeness (QED) is 0.887. The first-order valence-electron chi connectivity index (χ1n) is 6.78. The number of piperazine rings is 1. The number of fused-ring (bicyclic) bond motifs is 1. The Labute approximate surface area is 118 Å². The minimum absolute atomic E-state index is 0.331. The third-order valence-corrected chi connectivity index (χ3v) is 3.78. The normalized spacial score (nSPS) is 16.6. The fraction of sp³-hybridized carbons (Fsp3) is 0.333. The first-order valence-corrected chi connectivity index (χ1v) is 6.78. The van der Waals surface area contributed by atoms with Crippen LogP contribution in [0.1, 0.15) is 10.5 Å². The van der Waals surface area contributed by atoms with Crippen molar-refractivity contribution in [3.63, 3.8) is 0 Å². The number of hydrogen-bond donors (Lipinski definition) is 1. The molecule has 3 rings (SSSR count). The van der Waals surface area contributed by atoms with Crippen molar-refractivity contribution in [3.8, 4) is 0 Å². The number of pyridine rings is 1. The highest BCUT2D eigenvalue weighted by molar-refractivity contribution is 5.99. The van der Waals surface area contributed by atoms with E-state index in [9.17, 15) is 4.79 Å². The lowest BCUT2D eigenvalue weighted by atomic mass is 10.1. The average Bonchev–Trinajstić information content (AvgIpc) is 2.47. The molecule has 5 heteroatoms. The number of rotatable bonds is 2. The smallest absolute Gasteiger partial charge is 0.267 e. The highest BCUT2D eigenvalue weighted by Gasteiger charge is 2.19. The van der Waals surface area contributed by atoms with Gasteiger partial charge in [-0.15, -0.1) is 0 Å². The molecule has 1 fully saturated rings. The van der Waals surface area contributed by atoms with Crippen molar-refractivity contribution >= 4 is 22.5 Å². The third-order valence-electron chi connectivity index (χ3n) is 3.78. The van der Waals surface area contributed by atoms with Gasteiger partial charge in [-0.25, -0.2) is 4.98 Å². The topological polar surface area (TPSA) is 62.5 Å². The van der Waals surface area contributed by atoms with Crippen LogP contribution in [-0.4, -0.2) is 49.0 Å². The van der Waals surface area contributed by atoms with Crippen molar-refractivity contribution in [2.75, 3.05) is 38.1 Å². The fourth-order valence-electron chi connectivity index (χ4n) is 2.57. The molecule has 0 saturated carbocycles. The molecule has 1 aromatic carbocycles. The Hall–Kier alpha value is -2.14. The molecule has 1 amide bonds. The van der Waals surface area contributed by atoms with Gasteiger partial charge in [0.15, 0.2) is 0 Å². The Balaban J connectivity index is 2.10. The predicted molar refractivity (Wildman–Crippen MR) is 80.0 cm³/mol. The van der Waals surface area contributed by atoms with Crippen LogP contribution in [-0.2, 0) is 0 Å². The van der Waals surface area contributed by atoms with Crippen LogP contribution in [0, 0.1) is 0 Å². The molecule has 2 heterocycles. The van der Waals surface area contributed by atoms with Gasteiger partial charge in [-0.1, -0.05) is 24.3 Å². The summed E-state index contributed by atoms with van der Waals surface area (Å²) < 4.78 is 0. The number of amides is 1. The van der Waals surface area contributed by atoms with Crippen LogP contribution in [0.3, 0.4) is 0 Å². The lowest BCUT2D eigenvalue weighted by Gasteiger charge is -2.34. The van der Waals surface area contributed by atoms with Gasteiger partial charge in [-0.05, 0) is 18.5 Å². The standard InChI is InChI=1S/C15H18N4O/c1-18-6-8-19(9-7-18)15-12-5-3-2-4-11(12)10-13(17-15)14(16)20/h2-5,10H,6-9H2,1H3,(H2,16,20). The molecule has 1 aliphatic rings. The van der Waals surface area contributed by atoms with Gasteiger partial charge in [0.05, 0.1) is 0 Å². The summed E-state index contributed by atoms with van der Waals surface area (Å²) in [6.45, 7) is 3.82. The molecule has 5 nitrogen and oxygen atoms in total. The summed E-state index contributed by atoms with van der Waals surface area (Å²) in [6.07, 6.45) is 0.